The highest BCUT2D eigenvalue weighted by Crippen LogP contribution is 2.36. The van der Waals surface area contributed by atoms with Crippen molar-refractivity contribution in [2.45, 2.75) is 39.5 Å². The van der Waals surface area contributed by atoms with Crippen molar-refractivity contribution in [3.8, 4) is 40.0 Å². The van der Waals surface area contributed by atoms with Gasteiger partial charge in [0.15, 0.2) is 0 Å². The van der Waals surface area contributed by atoms with E-state index in [1.807, 2.05) is 31.2 Å². The first-order valence-corrected chi connectivity index (χ1v) is 12.7. The number of aryl methyl sites for hydroxylation is 1. The lowest BCUT2D eigenvalue weighted by atomic mass is 10.0. The van der Waals surface area contributed by atoms with Gasteiger partial charge in [-0.1, -0.05) is 38.5 Å². The van der Waals surface area contributed by atoms with Crippen LogP contribution < -0.4 is 14.2 Å². The highest BCUT2D eigenvalue weighted by Gasteiger charge is 2.16. The van der Waals surface area contributed by atoms with Gasteiger partial charge in [-0.05, 0) is 48.7 Å². The third-order valence-electron chi connectivity index (χ3n) is 6.08. The summed E-state index contributed by atoms with van der Waals surface area (Å²) in [5.74, 6) is 1.30. The molecule has 0 unspecified atom stereocenters. The number of hydrogen-bond acceptors (Lipinski definition) is 6. The minimum Gasteiger partial charge on any atom is -0.507 e. The zero-order valence-corrected chi connectivity index (χ0v) is 21.6. The molecule has 0 bridgehead atoms. The Morgan fingerprint density at radius 3 is 2.39 bits per heavy atom. The first kappa shape index (κ1) is 26.6. The lowest BCUT2D eigenvalue weighted by Gasteiger charge is -2.17. The van der Waals surface area contributed by atoms with E-state index in [0.717, 1.165) is 36.1 Å². The van der Waals surface area contributed by atoms with Gasteiger partial charge in [-0.25, -0.2) is 9.78 Å². The lowest BCUT2D eigenvalue weighted by molar-refractivity contribution is 0.0694. The zero-order valence-electron chi connectivity index (χ0n) is 21.6. The highest BCUT2D eigenvalue weighted by atomic mass is 16.5. The molecule has 3 N–H and O–H groups in total. The number of nitrogens with one attached hydrogen (secondary N) is 1. The number of rotatable bonds is 13. The molecule has 0 aliphatic carbocycles. The van der Waals surface area contributed by atoms with Crippen LogP contribution in [0.2, 0.25) is 0 Å². The van der Waals surface area contributed by atoms with Gasteiger partial charge in [0.2, 0.25) is 0 Å². The van der Waals surface area contributed by atoms with E-state index in [1.54, 1.807) is 36.8 Å². The summed E-state index contributed by atoms with van der Waals surface area (Å²) in [6.45, 7) is 4.95. The topological polar surface area (TPSA) is 114 Å². The maximum Gasteiger partial charge on any atom is 0.339 e. The number of aromatic nitrogens is 2. The van der Waals surface area contributed by atoms with Crippen molar-refractivity contribution in [3.05, 3.63) is 83.8 Å². The number of ether oxygens (including phenoxy) is 3. The Hall–Kier alpha value is -4.46. The molecular formula is C30H32N2O6. The molecule has 0 saturated heterocycles. The van der Waals surface area contributed by atoms with Crippen molar-refractivity contribution >= 4 is 5.97 Å². The van der Waals surface area contributed by atoms with E-state index in [9.17, 15) is 15.0 Å². The van der Waals surface area contributed by atoms with Crippen LogP contribution in [0.15, 0.2) is 67.1 Å². The largest absolute Gasteiger partial charge is 0.507 e. The lowest BCUT2D eigenvalue weighted by Crippen LogP contribution is -2.08. The monoisotopic (exact) mass is 516 g/mol. The molecule has 198 valence electrons. The van der Waals surface area contributed by atoms with Crippen molar-refractivity contribution in [2.24, 2.45) is 0 Å². The summed E-state index contributed by atoms with van der Waals surface area (Å²) in [7, 11) is 0. The fraction of sp³-hybridized carbons (Fsp3) is 0.267. The second kappa shape index (κ2) is 12.7. The molecule has 8 heteroatoms. The van der Waals surface area contributed by atoms with Crippen molar-refractivity contribution in [1.82, 2.24) is 9.97 Å². The molecule has 4 aromatic rings. The number of nitrogens with zero attached hydrogens (tertiary/aromatic N) is 1. The number of H-pyrrole nitrogens is 1. The van der Waals surface area contributed by atoms with Crippen molar-refractivity contribution in [2.75, 3.05) is 13.2 Å². The Morgan fingerprint density at radius 2 is 1.68 bits per heavy atom. The summed E-state index contributed by atoms with van der Waals surface area (Å²) in [4.78, 5) is 18.6. The third-order valence-corrected chi connectivity index (χ3v) is 6.08. The smallest absolute Gasteiger partial charge is 0.339 e. The van der Waals surface area contributed by atoms with E-state index in [-0.39, 0.29) is 17.1 Å². The number of benzene rings is 3. The van der Waals surface area contributed by atoms with Crippen LogP contribution in [-0.2, 0) is 12.8 Å². The molecule has 8 nitrogen and oxygen atoms in total. The minimum absolute atomic E-state index is 0.105. The highest BCUT2D eigenvalue weighted by molar-refractivity contribution is 5.91. The number of aromatic hydroxyl groups is 1. The Morgan fingerprint density at radius 1 is 0.947 bits per heavy atom. The first-order valence-electron chi connectivity index (χ1n) is 12.7. The number of aromatic amines is 1. The number of imidazole rings is 1. The first-order chi connectivity index (χ1) is 18.5. The second-order valence-electron chi connectivity index (χ2n) is 8.73. The summed E-state index contributed by atoms with van der Waals surface area (Å²) < 4.78 is 18.1. The Labute approximate surface area is 221 Å². The zero-order chi connectivity index (χ0) is 26.9. The predicted octanol–water partition coefficient (Wildman–Crippen LogP) is 6.64. The molecule has 0 amide bonds. The van der Waals surface area contributed by atoms with Gasteiger partial charge in [-0.15, -0.1) is 0 Å². The summed E-state index contributed by atoms with van der Waals surface area (Å²) in [5, 5.41) is 20.0. The normalized spacial score (nSPS) is 10.8. The molecule has 0 aliphatic heterocycles. The molecule has 1 heterocycles. The molecule has 0 atom stereocenters. The van der Waals surface area contributed by atoms with Gasteiger partial charge in [0.05, 0.1) is 31.4 Å². The fourth-order valence-corrected chi connectivity index (χ4v) is 4.19. The van der Waals surface area contributed by atoms with E-state index in [1.165, 1.54) is 6.07 Å². The van der Waals surface area contributed by atoms with Gasteiger partial charge in [0, 0.05) is 23.6 Å². The van der Waals surface area contributed by atoms with Gasteiger partial charge in [-0.3, -0.25) is 0 Å². The molecule has 38 heavy (non-hydrogen) atoms. The Bertz CT molecular complexity index is 1370. The SMILES string of the molecule is CCCc1c(OCCCOc2cc(O)c(-c3cnc[nH]3)cc2CC)cccc1Oc1ccccc1C(=O)O. The fourth-order valence-electron chi connectivity index (χ4n) is 4.19. The minimum atomic E-state index is -1.04. The Balaban J connectivity index is 1.39. The average Bonchev–Trinajstić information content (AvgIpc) is 3.45. The number of phenols is 1. The Kier molecular flexibility index (Phi) is 8.87. The molecular weight excluding hydrogens is 484 g/mol. The summed E-state index contributed by atoms with van der Waals surface area (Å²) in [5.41, 5.74) is 3.42. The van der Waals surface area contributed by atoms with Gasteiger partial charge in [0.25, 0.3) is 0 Å². The summed E-state index contributed by atoms with van der Waals surface area (Å²) in [6, 6.07) is 15.7. The van der Waals surface area contributed by atoms with Crippen LogP contribution in [0.4, 0.5) is 0 Å². The average molecular weight is 517 g/mol. The van der Waals surface area contributed by atoms with Crippen LogP contribution in [0.5, 0.6) is 28.7 Å². The standard InChI is InChI=1S/C30H32N2O6/c1-3-9-21-26(12-7-13-27(21)38-28-11-6-5-10-22(28)30(34)35)36-14-8-15-37-29-17-25(33)23(16-20(29)4-2)24-18-31-19-32-24/h5-7,10-13,16-19,33H,3-4,8-9,14-15H2,1-2H3,(H,31,32)(H,34,35). The molecule has 3 aromatic carbocycles. The molecule has 4 rings (SSSR count). The van der Waals surface area contributed by atoms with E-state index in [4.69, 9.17) is 14.2 Å². The quantitative estimate of drug-likeness (QED) is 0.171. The van der Waals surface area contributed by atoms with Crippen LogP contribution in [0, 0.1) is 0 Å². The molecule has 0 radical (unpaired) electrons. The maximum atomic E-state index is 11.6. The molecule has 0 fully saturated rings. The van der Waals surface area contributed by atoms with Crippen LogP contribution in [0.25, 0.3) is 11.3 Å². The van der Waals surface area contributed by atoms with Gasteiger partial charge < -0.3 is 29.4 Å². The van der Waals surface area contributed by atoms with Crippen molar-refractivity contribution in [3.63, 3.8) is 0 Å². The van der Waals surface area contributed by atoms with Crippen LogP contribution in [0.3, 0.4) is 0 Å². The van der Waals surface area contributed by atoms with Crippen molar-refractivity contribution in [1.29, 1.82) is 0 Å². The number of phenolic OH excluding ortho intramolecular Hbond substituents is 1. The number of hydrogen-bond donors (Lipinski definition) is 3. The van der Waals surface area contributed by atoms with Crippen LogP contribution >= 0.6 is 0 Å². The van der Waals surface area contributed by atoms with Crippen LogP contribution in [-0.4, -0.2) is 39.4 Å². The number of para-hydroxylation sites is 1. The molecule has 1 aromatic heterocycles. The van der Waals surface area contributed by atoms with Gasteiger partial charge in [-0.2, -0.15) is 0 Å². The second-order valence-corrected chi connectivity index (χ2v) is 8.73. The molecule has 0 spiro atoms. The molecule has 0 saturated carbocycles. The van der Waals surface area contributed by atoms with E-state index in [0.29, 0.717) is 42.4 Å². The third kappa shape index (κ3) is 6.26. The summed E-state index contributed by atoms with van der Waals surface area (Å²) >= 11 is 0. The van der Waals surface area contributed by atoms with E-state index >= 15 is 0 Å². The predicted molar refractivity (Wildman–Crippen MR) is 145 cm³/mol. The van der Waals surface area contributed by atoms with Gasteiger partial charge >= 0.3 is 5.97 Å². The molecule has 0 aliphatic rings. The number of aromatic carboxylic acids is 1. The van der Waals surface area contributed by atoms with Gasteiger partial charge in [0.1, 0.15) is 34.3 Å². The van der Waals surface area contributed by atoms with E-state index < -0.39 is 5.97 Å². The number of carbonyl (C=O) groups is 1. The van der Waals surface area contributed by atoms with Crippen molar-refractivity contribution < 1.29 is 29.2 Å². The van der Waals surface area contributed by atoms with Crippen LogP contribution in [0.1, 0.15) is 48.2 Å². The van der Waals surface area contributed by atoms with E-state index in [2.05, 4.69) is 16.9 Å². The number of carboxylic acid groups (broad SMARTS) is 1. The summed E-state index contributed by atoms with van der Waals surface area (Å²) in [6.07, 6.45) is 6.23. The number of carboxylic acids is 1. The maximum absolute atomic E-state index is 11.6.